The predicted molar refractivity (Wildman–Crippen MR) is 64.8 cm³/mol. The Balaban J connectivity index is 2.24. The van der Waals surface area contributed by atoms with Gasteiger partial charge in [-0.05, 0) is 30.3 Å². The largest absolute Gasteiger partial charge is 0.457 e. The zero-order valence-electron chi connectivity index (χ0n) is 8.06. The third-order valence-electron chi connectivity index (χ3n) is 1.94. The van der Waals surface area contributed by atoms with E-state index in [4.69, 9.17) is 4.42 Å². The van der Waals surface area contributed by atoms with Crippen molar-refractivity contribution in [3.05, 3.63) is 48.5 Å². The maximum Gasteiger partial charge on any atom is 0.136 e. The number of nitrogens with zero attached hydrogens (tertiary/aromatic N) is 1. The number of halogens is 1. The summed E-state index contributed by atoms with van der Waals surface area (Å²) in [5, 5.41) is 0.829. The van der Waals surface area contributed by atoms with Crippen molar-refractivity contribution >= 4 is 22.0 Å². The molecule has 0 saturated heterocycles. The van der Waals surface area contributed by atoms with Crippen LogP contribution in [-0.4, -0.2) is 10.3 Å². The van der Waals surface area contributed by atoms with E-state index in [1.54, 1.807) is 12.4 Å². The van der Waals surface area contributed by atoms with E-state index in [1.807, 2.05) is 36.4 Å². The molecule has 0 aliphatic carbocycles. The molecule has 0 radical (unpaired) electrons. The SMILES string of the molecule is BrC/C=C/c1ccc(-c2cccnc2)o1. The Morgan fingerprint density at radius 3 is 3.00 bits per heavy atom. The van der Waals surface area contributed by atoms with Gasteiger partial charge in [-0.1, -0.05) is 22.0 Å². The summed E-state index contributed by atoms with van der Waals surface area (Å²) < 4.78 is 5.62. The van der Waals surface area contributed by atoms with E-state index in [2.05, 4.69) is 20.9 Å². The number of rotatable bonds is 3. The molecule has 0 aliphatic rings. The Hall–Kier alpha value is -1.35. The number of allylic oxidation sites excluding steroid dienone is 1. The van der Waals surface area contributed by atoms with Crippen LogP contribution >= 0.6 is 15.9 Å². The van der Waals surface area contributed by atoms with E-state index in [0.29, 0.717) is 0 Å². The molecule has 0 bridgehead atoms. The molecule has 0 spiro atoms. The molecule has 76 valence electrons. The number of alkyl halides is 1. The fourth-order valence-electron chi connectivity index (χ4n) is 1.27. The van der Waals surface area contributed by atoms with Gasteiger partial charge in [0.25, 0.3) is 0 Å². The third-order valence-corrected chi connectivity index (χ3v) is 2.32. The molecule has 2 nitrogen and oxygen atoms in total. The summed E-state index contributed by atoms with van der Waals surface area (Å²) in [5.74, 6) is 1.70. The van der Waals surface area contributed by atoms with Crippen LogP contribution in [0.3, 0.4) is 0 Å². The van der Waals surface area contributed by atoms with Crippen LogP contribution in [0.15, 0.2) is 47.2 Å². The lowest BCUT2D eigenvalue weighted by molar-refractivity contribution is 0.571. The van der Waals surface area contributed by atoms with Crippen LogP contribution in [0, 0.1) is 0 Å². The van der Waals surface area contributed by atoms with Crippen molar-refractivity contribution in [1.82, 2.24) is 4.98 Å². The predicted octanol–water partition coefficient (Wildman–Crippen LogP) is 3.75. The first-order valence-electron chi connectivity index (χ1n) is 4.63. The molecule has 2 aromatic rings. The Labute approximate surface area is 96.8 Å². The average Bonchev–Trinajstić information content (AvgIpc) is 2.76. The molecule has 2 aromatic heterocycles. The van der Waals surface area contributed by atoms with Crippen molar-refractivity contribution < 1.29 is 4.42 Å². The molecule has 3 heteroatoms. The summed E-state index contributed by atoms with van der Waals surface area (Å²) in [6.45, 7) is 0. The van der Waals surface area contributed by atoms with Crippen molar-refractivity contribution in [3.63, 3.8) is 0 Å². The highest BCUT2D eigenvalue weighted by molar-refractivity contribution is 9.09. The minimum atomic E-state index is 0.829. The molecular formula is C12H10BrNO. The van der Waals surface area contributed by atoms with Gasteiger partial charge >= 0.3 is 0 Å². The molecule has 0 unspecified atom stereocenters. The highest BCUT2D eigenvalue weighted by Gasteiger charge is 2.01. The van der Waals surface area contributed by atoms with Crippen LogP contribution in [-0.2, 0) is 0 Å². The van der Waals surface area contributed by atoms with Gasteiger partial charge in [-0.3, -0.25) is 4.98 Å². The smallest absolute Gasteiger partial charge is 0.136 e. The first kappa shape index (κ1) is 10.2. The van der Waals surface area contributed by atoms with Gasteiger partial charge in [0.05, 0.1) is 0 Å². The highest BCUT2D eigenvalue weighted by atomic mass is 79.9. The molecule has 0 fully saturated rings. The summed E-state index contributed by atoms with van der Waals surface area (Å²) in [6.07, 6.45) is 7.47. The zero-order chi connectivity index (χ0) is 10.5. The second-order valence-corrected chi connectivity index (χ2v) is 3.65. The van der Waals surface area contributed by atoms with Gasteiger partial charge in [-0.2, -0.15) is 0 Å². The fourth-order valence-corrected chi connectivity index (χ4v) is 1.45. The third kappa shape index (κ3) is 2.57. The lowest BCUT2D eigenvalue weighted by Crippen LogP contribution is -1.74. The van der Waals surface area contributed by atoms with Crippen LogP contribution in [0.5, 0.6) is 0 Å². The minimum absolute atomic E-state index is 0.829. The standard InChI is InChI=1S/C12H10BrNO/c13-7-1-4-11-5-6-12(15-11)10-3-2-8-14-9-10/h1-6,8-9H,7H2/b4-1+. The number of hydrogen-bond acceptors (Lipinski definition) is 2. The first-order valence-corrected chi connectivity index (χ1v) is 5.75. The van der Waals surface area contributed by atoms with E-state index in [0.717, 1.165) is 22.4 Å². The van der Waals surface area contributed by atoms with Gasteiger partial charge in [0.2, 0.25) is 0 Å². The maximum atomic E-state index is 5.62. The van der Waals surface area contributed by atoms with Crippen molar-refractivity contribution in [3.8, 4) is 11.3 Å². The van der Waals surface area contributed by atoms with Crippen molar-refractivity contribution in [1.29, 1.82) is 0 Å². The zero-order valence-corrected chi connectivity index (χ0v) is 9.65. The highest BCUT2D eigenvalue weighted by Crippen LogP contribution is 2.21. The summed E-state index contributed by atoms with van der Waals surface area (Å²) >= 11 is 3.32. The fraction of sp³-hybridized carbons (Fsp3) is 0.0833. The molecule has 0 amide bonds. The normalized spacial score (nSPS) is 11.0. The Morgan fingerprint density at radius 1 is 1.33 bits per heavy atom. The molecule has 15 heavy (non-hydrogen) atoms. The van der Waals surface area contributed by atoms with Crippen LogP contribution in [0.2, 0.25) is 0 Å². The van der Waals surface area contributed by atoms with Crippen molar-refractivity contribution in [2.75, 3.05) is 5.33 Å². The quantitative estimate of drug-likeness (QED) is 0.789. The molecular weight excluding hydrogens is 254 g/mol. The molecule has 2 rings (SSSR count). The van der Waals surface area contributed by atoms with E-state index >= 15 is 0 Å². The average molecular weight is 264 g/mol. The van der Waals surface area contributed by atoms with E-state index < -0.39 is 0 Å². The molecule has 0 atom stereocenters. The van der Waals surface area contributed by atoms with E-state index in [9.17, 15) is 0 Å². The second-order valence-electron chi connectivity index (χ2n) is 3.00. The first-order chi connectivity index (χ1) is 7.40. The number of furan rings is 1. The van der Waals surface area contributed by atoms with Crippen LogP contribution in [0.1, 0.15) is 5.76 Å². The maximum absolute atomic E-state index is 5.62. The lowest BCUT2D eigenvalue weighted by Gasteiger charge is -1.93. The van der Waals surface area contributed by atoms with Gasteiger partial charge in [0, 0.05) is 23.3 Å². The summed E-state index contributed by atoms with van der Waals surface area (Å²) in [7, 11) is 0. The van der Waals surface area contributed by atoms with Gasteiger partial charge in [-0.15, -0.1) is 0 Å². The summed E-state index contributed by atoms with van der Waals surface area (Å²) in [5.41, 5.74) is 0.996. The van der Waals surface area contributed by atoms with Gasteiger partial charge in [0.1, 0.15) is 11.5 Å². The molecule has 0 N–H and O–H groups in total. The summed E-state index contributed by atoms with van der Waals surface area (Å²) in [6, 6.07) is 7.77. The summed E-state index contributed by atoms with van der Waals surface area (Å²) in [4.78, 5) is 4.05. The number of pyridine rings is 1. The molecule has 0 saturated carbocycles. The monoisotopic (exact) mass is 263 g/mol. The minimum Gasteiger partial charge on any atom is -0.457 e. The van der Waals surface area contributed by atoms with Crippen LogP contribution in [0.4, 0.5) is 0 Å². The molecule has 0 aliphatic heterocycles. The number of hydrogen-bond donors (Lipinski definition) is 0. The Morgan fingerprint density at radius 2 is 2.27 bits per heavy atom. The Kier molecular flexibility index (Phi) is 3.35. The van der Waals surface area contributed by atoms with Crippen LogP contribution in [0.25, 0.3) is 17.4 Å². The molecule has 2 heterocycles. The molecule has 0 aromatic carbocycles. The van der Waals surface area contributed by atoms with Crippen molar-refractivity contribution in [2.45, 2.75) is 0 Å². The lowest BCUT2D eigenvalue weighted by atomic mass is 10.2. The van der Waals surface area contributed by atoms with Gasteiger partial charge in [-0.25, -0.2) is 0 Å². The number of aromatic nitrogens is 1. The Bertz CT molecular complexity index is 448. The van der Waals surface area contributed by atoms with Crippen LogP contribution < -0.4 is 0 Å². The van der Waals surface area contributed by atoms with Gasteiger partial charge in [0.15, 0.2) is 0 Å². The topological polar surface area (TPSA) is 26.0 Å². The second kappa shape index (κ2) is 4.94. The van der Waals surface area contributed by atoms with E-state index in [1.165, 1.54) is 0 Å². The van der Waals surface area contributed by atoms with E-state index in [-0.39, 0.29) is 0 Å². The van der Waals surface area contributed by atoms with Crippen molar-refractivity contribution in [2.24, 2.45) is 0 Å². The van der Waals surface area contributed by atoms with Gasteiger partial charge < -0.3 is 4.42 Å².